The Labute approximate surface area is 219 Å². The largest absolute Gasteiger partial charge is 0.484 e. The maximum absolute atomic E-state index is 14.5. The molecule has 0 saturated heterocycles. The Morgan fingerprint density at radius 2 is 1.89 bits per heavy atom. The number of halogens is 1. The van der Waals surface area contributed by atoms with Gasteiger partial charge in [-0.15, -0.1) is 0 Å². The topological polar surface area (TPSA) is 114 Å². The molecular weight excluding hydrogens is 487 g/mol. The van der Waals surface area contributed by atoms with Gasteiger partial charge in [-0.2, -0.15) is 5.10 Å². The molecule has 0 atom stereocenters. The van der Waals surface area contributed by atoms with Gasteiger partial charge in [-0.05, 0) is 42.7 Å². The Hall–Kier alpha value is -4.31. The van der Waals surface area contributed by atoms with Crippen molar-refractivity contribution in [2.24, 2.45) is 0 Å². The fraction of sp³-hybridized carbons (Fsp3) is 0.286. The van der Waals surface area contributed by atoms with Crippen LogP contribution in [0.4, 0.5) is 15.9 Å². The number of hydrogen-bond acceptors (Lipinski definition) is 7. The lowest BCUT2D eigenvalue weighted by atomic mass is 10.1. The molecule has 3 heterocycles. The maximum atomic E-state index is 14.5. The standard InChI is InChI=1S/C28H29FN6O3/c1-3-21(4-2)32-26(36)16-38-23-10-18(9-20(29)11-23)27-34-25-15-37-14-24(25)28(35-27)33-22-7-5-17(6-8-22)19-12-30-31-13-19/h5-13,21H,3-4,14-16H2,1-2H3,(H,30,31)(H,32,36)(H,33,34,35). The number of rotatable bonds is 10. The van der Waals surface area contributed by atoms with E-state index in [4.69, 9.17) is 14.5 Å². The van der Waals surface area contributed by atoms with Crippen LogP contribution in [0.5, 0.6) is 5.75 Å². The first-order valence-corrected chi connectivity index (χ1v) is 12.6. The highest BCUT2D eigenvalue weighted by molar-refractivity contribution is 5.78. The Morgan fingerprint density at radius 1 is 1.08 bits per heavy atom. The van der Waals surface area contributed by atoms with Crippen LogP contribution >= 0.6 is 0 Å². The minimum Gasteiger partial charge on any atom is -0.484 e. The zero-order valence-corrected chi connectivity index (χ0v) is 21.3. The summed E-state index contributed by atoms with van der Waals surface area (Å²) in [5.74, 6) is 0.389. The van der Waals surface area contributed by atoms with Crippen molar-refractivity contribution in [1.29, 1.82) is 0 Å². The predicted molar refractivity (Wildman–Crippen MR) is 141 cm³/mol. The van der Waals surface area contributed by atoms with Crippen molar-refractivity contribution in [1.82, 2.24) is 25.5 Å². The van der Waals surface area contributed by atoms with Crippen LogP contribution < -0.4 is 15.4 Å². The molecule has 0 fully saturated rings. The first-order valence-electron chi connectivity index (χ1n) is 12.6. The Balaban J connectivity index is 1.37. The number of aromatic nitrogens is 4. The summed E-state index contributed by atoms with van der Waals surface area (Å²) in [6, 6.07) is 12.2. The molecule has 10 heteroatoms. The van der Waals surface area contributed by atoms with Crippen molar-refractivity contribution in [2.45, 2.75) is 45.9 Å². The number of benzene rings is 2. The van der Waals surface area contributed by atoms with E-state index >= 15 is 0 Å². The van der Waals surface area contributed by atoms with Gasteiger partial charge in [-0.3, -0.25) is 9.89 Å². The highest BCUT2D eigenvalue weighted by Gasteiger charge is 2.21. The molecular formula is C28H29FN6O3. The fourth-order valence-corrected chi connectivity index (χ4v) is 4.26. The van der Waals surface area contributed by atoms with Gasteiger partial charge in [0, 0.05) is 40.7 Å². The van der Waals surface area contributed by atoms with Crippen molar-refractivity contribution in [3.8, 4) is 28.3 Å². The monoisotopic (exact) mass is 516 g/mol. The van der Waals surface area contributed by atoms with Crippen LogP contribution in [-0.4, -0.2) is 38.7 Å². The third kappa shape index (κ3) is 5.81. The molecule has 0 saturated carbocycles. The third-order valence-corrected chi connectivity index (χ3v) is 6.41. The number of anilines is 2. The second-order valence-corrected chi connectivity index (χ2v) is 9.05. The lowest BCUT2D eigenvalue weighted by Gasteiger charge is -2.15. The molecule has 4 aromatic rings. The normalized spacial score (nSPS) is 12.4. The smallest absolute Gasteiger partial charge is 0.258 e. The van der Waals surface area contributed by atoms with Crippen LogP contribution in [0.25, 0.3) is 22.5 Å². The summed E-state index contributed by atoms with van der Waals surface area (Å²) in [6.45, 7) is 4.53. The van der Waals surface area contributed by atoms with Crippen LogP contribution in [-0.2, 0) is 22.7 Å². The Kier molecular flexibility index (Phi) is 7.60. The number of amides is 1. The SMILES string of the molecule is CCC(CC)NC(=O)COc1cc(F)cc(-c2nc3c(c(Nc4ccc(-c5cn[nH]c5)cc4)n2)COC3)c1. The van der Waals surface area contributed by atoms with Crippen LogP contribution in [0.15, 0.2) is 54.9 Å². The number of hydrogen-bond donors (Lipinski definition) is 3. The quantitative estimate of drug-likeness (QED) is 0.268. The summed E-state index contributed by atoms with van der Waals surface area (Å²) in [7, 11) is 0. The van der Waals surface area contributed by atoms with E-state index < -0.39 is 5.82 Å². The number of H-pyrrole nitrogens is 1. The number of fused-ring (bicyclic) bond motifs is 1. The molecule has 5 rings (SSSR count). The van der Waals surface area contributed by atoms with Gasteiger partial charge < -0.3 is 20.1 Å². The summed E-state index contributed by atoms with van der Waals surface area (Å²) in [4.78, 5) is 21.6. The number of carbonyl (C=O) groups excluding carboxylic acids is 1. The summed E-state index contributed by atoms with van der Waals surface area (Å²) < 4.78 is 25.8. The number of carbonyl (C=O) groups is 1. The summed E-state index contributed by atoms with van der Waals surface area (Å²) in [5.41, 5.74) is 4.90. The van der Waals surface area contributed by atoms with E-state index in [0.717, 1.165) is 40.9 Å². The molecule has 0 spiro atoms. The lowest BCUT2D eigenvalue weighted by Crippen LogP contribution is -2.37. The molecule has 0 aliphatic carbocycles. The molecule has 0 radical (unpaired) electrons. The van der Waals surface area contributed by atoms with E-state index in [1.54, 1.807) is 12.3 Å². The predicted octanol–water partition coefficient (Wildman–Crippen LogP) is 5.13. The number of ether oxygens (including phenoxy) is 2. The highest BCUT2D eigenvalue weighted by Crippen LogP contribution is 2.32. The first-order chi connectivity index (χ1) is 18.5. The van der Waals surface area contributed by atoms with Crippen molar-refractivity contribution < 1.29 is 18.7 Å². The molecule has 1 aliphatic heterocycles. The van der Waals surface area contributed by atoms with Gasteiger partial charge in [0.15, 0.2) is 12.4 Å². The summed E-state index contributed by atoms with van der Waals surface area (Å²) in [6.07, 6.45) is 5.26. The molecule has 3 N–H and O–H groups in total. The maximum Gasteiger partial charge on any atom is 0.258 e. The first kappa shape index (κ1) is 25.3. The summed E-state index contributed by atoms with van der Waals surface area (Å²) in [5, 5.41) is 13.1. The van der Waals surface area contributed by atoms with Crippen molar-refractivity contribution in [3.05, 3.63) is 71.9 Å². The number of nitrogens with zero attached hydrogens (tertiary/aromatic N) is 3. The van der Waals surface area contributed by atoms with Gasteiger partial charge in [0.25, 0.3) is 5.91 Å². The second-order valence-electron chi connectivity index (χ2n) is 9.05. The number of nitrogens with one attached hydrogen (secondary N) is 3. The van der Waals surface area contributed by atoms with Crippen molar-refractivity contribution in [2.75, 3.05) is 11.9 Å². The van der Waals surface area contributed by atoms with Crippen molar-refractivity contribution >= 4 is 17.4 Å². The minimum atomic E-state index is -0.511. The van der Waals surface area contributed by atoms with Gasteiger partial charge in [-0.25, -0.2) is 14.4 Å². The molecule has 1 amide bonds. The van der Waals surface area contributed by atoms with Gasteiger partial charge in [-0.1, -0.05) is 26.0 Å². The molecule has 196 valence electrons. The second kappa shape index (κ2) is 11.4. The number of aromatic amines is 1. The third-order valence-electron chi connectivity index (χ3n) is 6.41. The van der Waals surface area contributed by atoms with E-state index in [-0.39, 0.29) is 24.3 Å². The zero-order valence-electron chi connectivity index (χ0n) is 21.3. The molecule has 38 heavy (non-hydrogen) atoms. The average molecular weight is 517 g/mol. The van der Waals surface area contributed by atoms with Crippen molar-refractivity contribution in [3.63, 3.8) is 0 Å². The molecule has 9 nitrogen and oxygen atoms in total. The van der Waals surface area contributed by atoms with Crippen LogP contribution in [0.3, 0.4) is 0 Å². The average Bonchev–Trinajstić information content (AvgIpc) is 3.63. The lowest BCUT2D eigenvalue weighted by molar-refractivity contribution is -0.123. The van der Waals surface area contributed by atoms with Crippen LogP contribution in [0.2, 0.25) is 0 Å². The fourth-order valence-electron chi connectivity index (χ4n) is 4.26. The van der Waals surface area contributed by atoms with E-state index in [9.17, 15) is 9.18 Å². The zero-order chi connectivity index (χ0) is 26.5. The molecule has 2 aromatic heterocycles. The molecule has 2 aromatic carbocycles. The van der Waals surface area contributed by atoms with E-state index in [1.807, 2.05) is 44.3 Å². The summed E-state index contributed by atoms with van der Waals surface area (Å²) >= 11 is 0. The molecule has 1 aliphatic rings. The van der Waals surface area contributed by atoms with E-state index in [0.29, 0.717) is 30.4 Å². The van der Waals surface area contributed by atoms with Gasteiger partial charge in [0.2, 0.25) is 0 Å². The van der Waals surface area contributed by atoms with E-state index in [1.165, 1.54) is 12.1 Å². The van der Waals surface area contributed by atoms with Crippen LogP contribution in [0, 0.1) is 5.82 Å². The highest BCUT2D eigenvalue weighted by atomic mass is 19.1. The van der Waals surface area contributed by atoms with Gasteiger partial charge >= 0.3 is 0 Å². The minimum absolute atomic E-state index is 0.0870. The van der Waals surface area contributed by atoms with E-state index in [2.05, 4.69) is 25.8 Å². The molecule has 0 unspecified atom stereocenters. The van der Waals surface area contributed by atoms with Gasteiger partial charge in [0.05, 0.1) is 25.1 Å². The van der Waals surface area contributed by atoms with Gasteiger partial charge in [0.1, 0.15) is 17.4 Å². The van der Waals surface area contributed by atoms with Crippen LogP contribution in [0.1, 0.15) is 37.9 Å². The Morgan fingerprint density at radius 3 is 2.63 bits per heavy atom. The Bertz CT molecular complexity index is 1410. The molecule has 0 bridgehead atoms.